The molecule has 1 aromatic heterocycles. The number of fused-ring (bicyclic) bond motifs is 1. The highest BCUT2D eigenvalue weighted by Gasteiger charge is 2.45. The SMILES string of the molecule is CC(F)(F)C(=O)NC1CC(=O)N(c2ccc3c(cnn3-c3ccc(F)cc3)c2)C1c1ccc(F)cc1. The number of carbonyl (C=O) groups excluding carboxylic acids is 2. The minimum absolute atomic E-state index is 0.212. The van der Waals surface area contributed by atoms with Gasteiger partial charge in [-0.15, -0.1) is 0 Å². The number of aromatic nitrogens is 2. The van der Waals surface area contributed by atoms with E-state index in [0.717, 1.165) is 0 Å². The Morgan fingerprint density at radius 3 is 2.22 bits per heavy atom. The third-order valence-corrected chi connectivity index (χ3v) is 6.15. The van der Waals surface area contributed by atoms with Crippen molar-refractivity contribution in [3.05, 3.63) is 90.1 Å². The summed E-state index contributed by atoms with van der Waals surface area (Å²) in [7, 11) is 0. The van der Waals surface area contributed by atoms with Crippen LogP contribution in [0.1, 0.15) is 24.9 Å². The van der Waals surface area contributed by atoms with Gasteiger partial charge in [-0.3, -0.25) is 9.59 Å². The van der Waals surface area contributed by atoms with Crippen LogP contribution in [0.4, 0.5) is 23.2 Å². The molecule has 0 aliphatic carbocycles. The number of carbonyl (C=O) groups is 2. The Balaban J connectivity index is 1.54. The first-order chi connectivity index (χ1) is 17.1. The van der Waals surface area contributed by atoms with E-state index in [2.05, 4.69) is 10.4 Å². The van der Waals surface area contributed by atoms with Crippen molar-refractivity contribution in [3.63, 3.8) is 0 Å². The summed E-state index contributed by atoms with van der Waals surface area (Å²) in [5.74, 6) is -6.38. The predicted octanol–water partition coefficient (Wildman–Crippen LogP) is 4.92. The molecule has 1 N–H and O–H groups in total. The number of nitrogens with zero attached hydrogens (tertiary/aromatic N) is 3. The van der Waals surface area contributed by atoms with Crippen molar-refractivity contribution in [1.29, 1.82) is 0 Å². The van der Waals surface area contributed by atoms with E-state index in [1.54, 1.807) is 41.2 Å². The van der Waals surface area contributed by atoms with Crippen LogP contribution in [0.5, 0.6) is 0 Å². The molecule has 1 aliphatic rings. The van der Waals surface area contributed by atoms with Crippen molar-refractivity contribution in [2.75, 3.05) is 4.90 Å². The third-order valence-electron chi connectivity index (χ3n) is 6.15. The molecule has 10 heteroatoms. The van der Waals surface area contributed by atoms with Crippen LogP contribution in [-0.4, -0.2) is 33.6 Å². The zero-order valence-corrected chi connectivity index (χ0v) is 19.0. The molecule has 2 atom stereocenters. The summed E-state index contributed by atoms with van der Waals surface area (Å²) in [5.41, 5.74) is 2.28. The highest BCUT2D eigenvalue weighted by Crippen LogP contribution is 2.39. The fourth-order valence-corrected chi connectivity index (χ4v) is 4.46. The Kier molecular flexibility index (Phi) is 5.74. The maximum absolute atomic E-state index is 13.6. The smallest absolute Gasteiger partial charge is 0.321 e. The molecular weight excluding hydrogens is 476 g/mol. The number of hydrogen-bond donors (Lipinski definition) is 1. The summed E-state index contributed by atoms with van der Waals surface area (Å²) in [4.78, 5) is 26.6. The quantitative estimate of drug-likeness (QED) is 0.399. The average Bonchev–Trinajstić information content (AvgIpc) is 3.39. The van der Waals surface area contributed by atoms with Gasteiger partial charge in [0.2, 0.25) is 5.91 Å². The Bertz CT molecular complexity index is 1450. The highest BCUT2D eigenvalue weighted by molar-refractivity contribution is 6.00. The number of hydrogen-bond acceptors (Lipinski definition) is 3. The van der Waals surface area contributed by atoms with Gasteiger partial charge in [0, 0.05) is 24.4 Å². The maximum atomic E-state index is 13.6. The van der Waals surface area contributed by atoms with Crippen molar-refractivity contribution in [2.45, 2.75) is 31.4 Å². The lowest BCUT2D eigenvalue weighted by atomic mass is 9.99. The molecule has 1 fully saturated rings. The second kappa shape index (κ2) is 8.78. The molecule has 4 aromatic rings. The van der Waals surface area contributed by atoms with Gasteiger partial charge in [0.15, 0.2) is 0 Å². The minimum atomic E-state index is -3.63. The molecule has 5 rings (SSSR count). The molecule has 0 bridgehead atoms. The zero-order chi connectivity index (χ0) is 25.6. The molecule has 36 heavy (non-hydrogen) atoms. The summed E-state index contributed by atoms with van der Waals surface area (Å²) >= 11 is 0. The van der Waals surface area contributed by atoms with Crippen molar-refractivity contribution in [1.82, 2.24) is 15.1 Å². The number of alkyl halides is 2. The van der Waals surface area contributed by atoms with E-state index in [-0.39, 0.29) is 18.1 Å². The first-order valence-corrected chi connectivity index (χ1v) is 11.1. The van der Waals surface area contributed by atoms with E-state index < -0.39 is 29.7 Å². The summed E-state index contributed by atoms with van der Waals surface area (Å²) in [6.07, 6.45) is 1.38. The van der Waals surface area contributed by atoms with E-state index in [4.69, 9.17) is 0 Å². The summed E-state index contributed by atoms with van der Waals surface area (Å²) in [6.45, 7) is 0.483. The molecule has 6 nitrogen and oxygen atoms in total. The van der Waals surface area contributed by atoms with Crippen molar-refractivity contribution >= 4 is 28.4 Å². The van der Waals surface area contributed by atoms with Crippen LogP contribution in [0, 0.1) is 11.6 Å². The summed E-state index contributed by atoms with van der Waals surface area (Å²) in [6, 6.07) is 14.5. The molecule has 2 unspecified atom stereocenters. The topological polar surface area (TPSA) is 67.2 Å². The first-order valence-electron chi connectivity index (χ1n) is 11.1. The monoisotopic (exact) mass is 496 g/mol. The van der Waals surface area contributed by atoms with E-state index in [1.807, 2.05) is 0 Å². The van der Waals surface area contributed by atoms with Gasteiger partial charge in [-0.25, -0.2) is 13.5 Å². The van der Waals surface area contributed by atoms with Gasteiger partial charge in [0.05, 0.1) is 29.5 Å². The zero-order valence-electron chi connectivity index (χ0n) is 19.0. The van der Waals surface area contributed by atoms with Gasteiger partial charge in [-0.2, -0.15) is 13.9 Å². The number of rotatable bonds is 5. The molecule has 0 spiro atoms. The van der Waals surface area contributed by atoms with Gasteiger partial charge in [0.25, 0.3) is 5.91 Å². The Morgan fingerprint density at radius 1 is 0.972 bits per heavy atom. The lowest BCUT2D eigenvalue weighted by Gasteiger charge is -2.29. The standard InChI is InChI=1S/C26H20F4N4O2/c1-26(29,30)25(36)32-21-13-23(35)33(24(21)15-2-4-17(27)5-3-15)20-10-11-22-16(12-20)14-31-34(22)19-8-6-18(28)7-9-19/h2-12,14,21,24H,13H2,1H3,(H,32,36). The molecule has 1 saturated heterocycles. The van der Waals surface area contributed by atoms with E-state index in [0.29, 0.717) is 34.8 Å². The fraction of sp³-hybridized carbons (Fsp3) is 0.192. The predicted molar refractivity (Wildman–Crippen MR) is 125 cm³/mol. The van der Waals surface area contributed by atoms with Crippen LogP contribution in [0.25, 0.3) is 16.6 Å². The number of benzene rings is 3. The molecule has 3 aromatic carbocycles. The van der Waals surface area contributed by atoms with Crippen LogP contribution in [0.15, 0.2) is 72.9 Å². The summed E-state index contributed by atoms with van der Waals surface area (Å²) < 4.78 is 55.8. The van der Waals surface area contributed by atoms with Crippen molar-refractivity contribution < 1.29 is 27.2 Å². The van der Waals surface area contributed by atoms with Crippen molar-refractivity contribution in [2.24, 2.45) is 0 Å². The molecule has 0 radical (unpaired) electrons. The summed E-state index contributed by atoms with van der Waals surface area (Å²) in [5, 5.41) is 7.32. The Labute approximate surface area is 203 Å². The highest BCUT2D eigenvalue weighted by atomic mass is 19.3. The Morgan fingerprint density at radius 2 is 1.58 bits per heavy atom. The largest absolute Gasteiger partial charge is 0.345 e. The van der Waals surface area contributed by atoms with Gasteiger partial charge >= 0.3 is 5.92 Å². The molecular formula is C26H20F4N4O2. The van der Waals surface area contributed by atoms with Gasteiger partial charge in [-0.1, -0.05) is 12.1 Å². The minimum Gasteiger partial charge on any atom is -0.345 e. The van der Waals surface area contributed by atoms with E-state index >= 15 is 0 Å². The number of amides is 2. The fourth-order valence-electron chi connectivity index (χ4n) is 4.46. The molecule has 2 heterocycles. The van der Waals surface area contributed by atoms with Crippen LogP contribution in [-0.2, 0) is 9.59 Å². The van der Waals surface area contributed by atoms with Gasteiger partial charge in [-0.05, 0) is 60.2 Å². The number of halogens is 4. The second-order valence-corrected chi connectivity index (χ2v) is 8.71. The van der Waals surface area contributed by atoms with Crippen LogP contribution >= 0.6 is 0 Å². The number of nitrogens with one attached hydrogen (secondary N) is 1. The van der Waals surface area contributed by atoms with Gasteiger partial charge < -0.3 is 10.2 Å². The maximum Gasteiger partial charge on any atom is 0.321 e. The lowest BCUT2D eigenvalue weighted by molar-refractivity contribution is -0.143. The molecule has 0 saturated carbocycles. The Hall–Kier alpha value is -4.21. The second-order valence-electron chi connectivity index (χ2n) is 8.71. The number of anilines is 1. The molecule has 2 amide bonds. The lowest BCUT2D eigenvalue weighted by Crippen LogP contribution is -2.46. The normalized spacial score (nSPS) is 18.1. The van der Waals surface area contributed by atoms with Crippen LogP contribution in [0.2, 0.25) is 0 Å². The molecule has 184 valence electrons. The van der Waals surface area contributed by atoms with Crippen LogP contribution in [0.3, 0.4) is 0 Å². The van der Waals surface area contributed by atoms with Crippen molar-refractivity contribution in [3.8, 4) is 5.69 Å². The average molecular weight is 496 g/mol. The van der Waals surface area contributed by atoms with Crippen LogP contribution < -0.4 is 10.2 Å². The third kappa shape index (κ3) is 4.30. The first kappa shape index (κ1) is 23.5. The van der Waals surface area contributed by atoms with E-state index in [1.165, 1.54) is 41.3 Å². The van der Waals surface area contributed by atoms with Gasteiger partial charge in [0.1, 0.15) is 11.6 Å². The molecule has 1 aliphatic heterocycles. The van der Waals surface area contributed by atoms with E-state index in [9.17, 15) is 27.2 Å².